The summed E-state index contributed by atoms with van der Waals surface area (Å²) in [4.78, 5) is 1.40. The molecule has 0 heterocycles. The van der Waals surface area contributed by atoms with E-state index in [-0.39, 0.29) is 0 Å². The van der Waals surface area contributed by atoms with E-state index in [0.29, 0.717) is 0 Å². The lowest BCUT2D eigenvalue weighted by Gasteiger charge is -2.00. The van der Waals surface area contributed by atoms with E-state index < -0.39 is 6.68 Å². The van der Waals surface area contributed by atoms with Crippen molar-refractivity contribution in [3.8, 4) is 0 Å². The van der Waals surface area contributed by atoms with Gasteiger partial charge in [0.25, 0.3) is 0 Å². The Hall–Kier alpha value is -0.640. The molecular formula is C13H19F3S. The molecule has 98 valence electrons. The molecule has 4 heteroatoms. The number of thioether (sulfide) groups is 1. The quantitative estimate of drug-likeness (QED) is 0.480. The first-order valence-corrected chi connectivity index (χ1v) is 6.75. The summed E-state index contributed by atoms with van der Waals surface area (Å²) in [6.45, 7) is -1.41. The van der Waals surface area contributed by atoms with E-state index in [9.17, 15) is 13.2 Å². The lowest BCUT2D eigenvalue weighted by Crippen LogP contribution is -1.80. The number of rotatable bonds is 6. The minimum absolute atomic E-state index is 1.27. The van der Waals surface area contributed by atoms with Crippen LogP contribution in [0.25, 0.3) is 0 Å². The van der Waals surface area contributed by atoms with Crippen molar-refractivity contribution >= 4 is 11.8 Å². The fraction of sp³-hybridized carbons (Fsp3) is 0.538. The standard InChI is InChI=1S/C12H18S.CHF3/c1-2-3-4-8-11-13-12-9-6-5-7-10-12;2-1(3)4/h5-7,9-10H,2-4,8,11H2,1H3;1H. The number of unbranched alkanes of at least 4 members (excludes halogenated alkanes) is 3. The number of alkyl halides is 3. The van der Waals surface area contributed by atoms with Gasteiger partial charge in [-0.1, -0.05) is 44.4 Å². The Bertz CT molecular complexity index is 249. The van der Waals surface area contributed by atoms with Crippen LogP contribution in [0, 0.1) is 0 Å². The van der Waals surface area contributed by atoms with Gasteiger partial charge in [0.15, 0.2) is 0 Å². The number of hydrogen-bond acceptors (Lipinski definition) is 1. The summed E-state index contributed by atoms with van der Waals surface area (Å²) in [5, 5.41) is 0. The summed E-state index contributed by atoms with van der Waals surface area (Å²) in [5.74, 6) is 1.27. The summed E-state index contributed by atoms with van der Waals surface area (Å²) in [6.07, 6.45) is 5.45. The van der Waals surface area contributed by atoms with E-state index in [2.05, 4.69) is 37.3 Å². The van der Waals surface area contributed by atoms with Gasteiger partial charge in [-0.2, -0.15) is 13.2 Å². The average Bonchev–Trinajstić information content (AvgIpc) is 2.29. The van der Waals surface area contributed by atoms with Crippen molar-refractivity contribution in [2.75, 3.05) is 5.75 Å². The average molecular weight is 264 g/mol. The second-order valence-corrected chi connectivity index (χ2v) is 4.64. The summed E-state index contributed by atoms with van der Waals surface area (Å²) >= 11 is 1.97. The molecule has 1 aromatic carbocycles. The molecule has 0 aromatic heterocycles. The summed E-state index contributed by atoms with van der Waals surface area (Å²) in [6, 6.07) is 10.7. The van der Waals surface area contributed by atoms with Gasteiger partial charge >= 0.3 is 6.68 Å². The molecule has 0 radical (unpaired) electrons. The van der Waals surface area contributed by atoms with E-state index in [1.165, 1.54) is 36.3 Å². The van der Waals surface area contributed by atoms with Crippen LogP contribution >= 0.6 is 11.8 Å². The maximum absolute atomic E-state index is 9.67. The lowest BCUT2D eigenvalue weighted by molar-refractivity contribution is 0.00819. The van der Waals surface area contributed by atoms with Crippen LogP contribution in [0.15, 0.2) is 35.2 Å². The number of halogens is 3. The molecule has 0 aliphatic rings. The van der Waals surface area contributed by atoms with Crippen molar-refractivity contribution < 1.29 is 13.2 Å². The van der Waals surface area contributed by atoms with Crippen LogP contribution < -0.4 is 0 Å². The molecular weight excluding hydrogens is 245 g/mol. The Morgan fingerprint density at radius 2 is 1.59 bits per heavy atom. The minimum Gasteiger partial charge on any atom is -0.174 e. The van der Waals surface area contributed by atoms with Gasteiger partial charge in [0.1, 0.15) is 0 Å². The molecule has 0 atom stereocenters. The first kappa shape index (κ1) is 16.4. The maximum atomic E-state index is 9.67. The molecule has 1 aromatic rings. The van der Waals surface area contributed by atoms with Crippen molar-refractivity contribution in [1.82, 2.24) is 0 Å². The third-order valence-electron chi connectivity index (χ3n) is 2.01. The van der Waals surface area contributed by atoms with E-state index in [0.717, 1.165) is 0 Å². The molecule has 0 nitrogen and oxygen atoms in total. The molecule has 0 unspecified atom stereocenters. The summed E-state index contributed by atoms with van der Waals surface area (Å²) < 4.78 is 29.0. The van der Waals surface area contributed by atoms with Crippen LogP contribution in [0.1, 0.15) is 32.6 Å². The molecule has 0 saturated carbocycles. The first-order valence-electron chi connectivity index (χ1n) is 5.77. The Balaban J connectivity index is 0.000000557. The lowest BCUT2D eigenvalue weighted by atomic mass is 10.2. The van der Waals surface area contributed by atoms with Crippen molar-refractivity contribution in [3.63, 3.8) is 0 Å². The zero-order valence-electron chi connectivity index (χ0n) is 10.0. The van der Waals surface area contributed by atoms with Crippen LogP contribution in [0.2, 0.25) is 0 Å². The van der Waals surface area contributed by atoms with E-state index in [1.54, 1.807) is 0 Å². The minimum atomic E-state index is -3.67. The molecule has 0 amide bonds. The molecule has 0 N–H and O–H groups in total. The molecule has 0 saturated heterocycles. The highest BCUT2D eigenvalue weighted by Gasteiger charge is 1.91. The molecule has 0 fully saturated rings. The van der Waals surface area contributed by atoms with Gasteiger partial charge in [-0.15, -0.1) is 11.8 Å². The second-order valence-electron chi connectivity index (χ2n) is 3.47. The second kappa shape index (κ2) is 11.8. The number of hydrogen-bond donors (Lipinski definition) is 0. The fourth-order valence-electron chi connectivity index (χ4n) is 1.24. The molecule has 1 rings (SSSR count). The molecule has 0 bridgehead atoms. The Labute approximate surface area is 106 Å². The van der Waals surface area contributed by atoms with Crippen molar-refractivity contribution in [2.24, 2.45) is 0 Å². The van der Waals surface area contributed by atoms with Gasteiger partial charge in [-0.25, -0.2) is 0 Å². The summed E-state index contributed by atoms with van der Waals surface area (Å²) in [7, 11) is 0. The van der Waals surface area contributed by atoms with Crippen molar-refractivity contribution in [2.45, 2.75) is 44.2 Å². The normalized spacial score (nSPS) is 9.94. The first-order chi connectivity index (χ1) is 8.16. The maximum Gasteiger partial charge on any atom is 0.379 e. The van der Waals surface area contributed by atoms with Crippen LogP contribution in [0.5, 0.6) is 0 Å². The van der Waals surface area contributed by atoms with E-state index >= 15 is 0 Å². The van der Waals surface area contributed by atoms with Crippen molar-refractivity contribution in [3.05, 3.63) is 30.3 Å². The molecule has 0 spiro atoms. The predicted molar refractivity (Wildman–Crippen MR) is 68.4 cm³/mol. The fourth-order valence-corrected chi connectivity index (χ4v) is 2.17. The Kier molecular flexibility index (Phi) is 11.4. The molecule has 0 aliphatic carbocycles. The largest absolute Gasteiger partial charge is 0.379 e. The monoisotopic (exact) mass is 264 g/mol. The van der Waals surface area contributed by atoms with Gasteiger partial charge in [0.2, 0.25) is 0 Å². The van der Waals surface area contributed by atoms with Gasteiger partial charge in [0, 0.05) is 4.90 Å². The Morgan fingerprint density at radius 3 is 2.12 bits per heavy atom. The molecule has 17 heavy (non-hydrogen) atoms. The van der Waals surface area contributed by atoms with Gasteiger partial charge in [0.05, 0.1) is 0 Å². The van der Waals surface area contributed by atoms with Gasteiger partial charge < -0.3 is 0 Å². The zero-order valence-corrected chi connectivity index (χ0v) is 10.9. The highest BCUT2D eigenvalue weighted by atomic mass is 32.2. The topological polar surface area (TPSA) is 0 Å². The third kappa shape index (κ3) is 13.3. The van der Waals surface area contributed by atoms with Crippen LogP contribution in [-0.2, 0) is 0 Å². The molecule has 0 aliphatic heterocycles. The van der Waals surface area contributed by atoms with Gasteiger partial charge in [-0.05, 0) is 24.3 Å². The van der Waals surface area contributed by atoms with Crippen LogP contribution in [0.4, 0.5) is 13.2 Å². The van der Waals surface area contributed by atoms with Crippen molar-refractivity contribution in [1.29, 1.82) is 0 Å². The highest BCUT2D eigenvalue weighted by molar-refractivity contribution is 7.99. The summed E-state index contributed by atoms with van der Waals surface area (Å²) in [5.41, 5.74) is 0. The van der Waals surface area contributed by atoms with Crippen LogP contribution in [0.3, 0.4) is 0 Å². The zero-order chi connectivity index (χ0) is 12.9. The van der Waals surface area contributed by atoms with E-state index in [1.807, 2.05) is 11.8 Å². The predicted octanol–water partition coefficient (Wildman–Crippen LogP) is 5.54. The Morgan fingerprint density at radius 1 is 1.00 bits per heavy atom. The SMILES string of the molecule is CCCCCCSc1ccccc1.FC(F)F. The highest BCUT2D eigenvalue weighted by Crippen LogP contribution is 2.18. The van der Waals surface area contributed by atoms with Crippen LogP contribution in [-0.4, -0.2) is 12.4 Å². The van der Waals surface area contributed by atoms with E-state index in [4.69, 9.17) is 0 Å². The smallest absolute Gasteiger partial charge is 0.174 e. The third-order valence-corrected chi connectivity index (χ3v) is 3.11. The number of benzene rings is 1. The van der Waals surface area contributed by atoms with Gasteiger partial charge in [-0.3, -0.25) is 0 Å².